The Kier molecular flexibility index (Phi) is 5.69. The fourth-order valence-electron chi connectivity index (χ4n) is 3.49. The first-order valence-corrected chi connectivity index (χ1v) is 10.8. The van der Waals surface area contributed by atoms with Gasteiger partial charge in [-0.15, -0.1) is 11.3 Å². The highest BCUT2D eigenvalue weighted by molar-refractivity contribution is 7.20. The third kappa shape index (κ3) is 4.01. The summed E-state index contributed by atoms with van der Waals surface area (Å²) in [6.45, 7) is 4.30. The van der Waals surface area contributed by atoms with Crippen LogP contribution in [0.3, 0.4) is 0 Å². The van der Waals surface area contributed by atoms with Crippen LogP contribution in [-0.2, 0) is 7.05 Å². The Hall–Kier alpha value is -3.32. The monoisotopic (exact) mass is 435 g/mol. The number of amides is 1. The van der Waals surface area contributed by atoms with Crippen molar-refractivity contribution in [2.24, 2.45) is 7.05 Å². The fourth-order valence-corrected chi connectivity index (χ4v) is 4.46. The average molecular weight is 436 g/mol. The smallest absolute Gasteiger partial charge is 0.265 e. The van der Waals surface area contributed by atoms with Gasteiger partial charge in [-0.3, -0.25) is 9.48 Å². The van der Waals surface area contributed by atoms with Crippen molar-refractivity contribution in [3.05, 3.63) is 59.0 Å². The summed E-state index contributed by atoms with van der Waals surface area (Å²) < 4.78 is 12.6. The first-order valence-electron chi connectivity index (χ1n) is 10.0. The van der Waals surface area contributed by atoms with Crippen molar-refractivity contribution in [1.29, 1.82) is 0 Å². The molecule has 4 rings (SSSR count). The molecule has 0 radical (unpaired) electrons. The highest BCUT2D eigenvalue weighted by atomic mass is 32.1. The van der Waals surface area contributed by atoms with Crippen molar-refractivity contribution in [3.63, 3.8) is 0 Å². The minimum atomic E-state index is -0.128. The first kappa shape index (κ1) is 20.9. The molecule has 1 N–H and O–H groups in total. The summed E-state index contributed by atoms with van der Waals surface area (Å²) >= 11 is 1.42. The second-order valence-corrected chi connectivity index (χ2v) is 8.63. The van der Waals surface area contributed by atoms with E-state index >= 15 is 0 Å². The van der Waals surface area contributed by atoms with E-state index in [1.807, 2.05) is 55.6 Å². The summed E-state index contributed by atoms with van der Waals surface area (Å²) in [5, 5.41) is 8.58. The molecule has 1 amide bonds. The molecule has 0 bridgehead atoms. The molecule has 0 atom stereocenters. The van der Waals surface area contributed by atoms with E-state index in [2.05, 4.69) is 24.3 Å². The Morgan fingerprint density at radius 2 is 1.74 bits per heavy atom. The van der Waals surface area contributed by atoms with Crippen LogP contribution < -0.4 is 14.8 Å². The predicted octanol–water partition coefficient (Wildman–Crippen LogP) is 5.69. The molecule has 0 aliphatic heterocycles. The van der Waals surface area contributed by atoms with Crippen LogP contribution in [0.15, 0.2) is 48.5 Å². The average Bonchev–Trinajstić information content (AvgIpc) is 3.34. The summed E-state index contributed by atoms with van der Waals surface area (Å²) in [5.41, 5.74) is 3.72. The van der Waals surface area contributed by atoms with E-state index in [0.717, 1.165) is 27.2 Å². The second-order valence-electron chi connectivity index (χ2n) is 7.60. The number of benzene rings is 2. The van der Waals surface area contributed by atoms with Crippen LogP contribution in [-0.4, -0.2) is 29.9 Å². The van der Waals surface area contributed by atoms with Crippen molar-refractivity contribution < 1.29 is 14.3 Å². The van der Waals surface area contributed by atoms with Crippen molar-refractivity contribution >= 4 is 33.1 Å². The lowest BCUT2D eigenvalue weighted by Gasteiger charge is -2.08. The molecule has 0 spiro atoms. The van der Waals surface area contributed by atoms with Gasteiger partial charge in [-0.1, -0.05) is 26.0 Å². The van der Waals surface area contributed by atoms with E-state index in [1.165, 1.54) is 16.9 Å². The van der Waals surface area contributed by atoms with E-state index in [-0.39, 0.29) is 5.91 Å². The minimum Gasteiger partial charge on any atom is -0.493 e. The van der Waals surface area contributed by atoms with E-state index in [4.69, 9.17) is 9.47 Å². The summed E-state index contributed by atoms with van der Waals surface area (Å²) in [4.78, 5) is 14.4. The third-order valence-electron chi connectivity index (χ3n) is 5.23. The van der Waals surface area contributed by atoms with Gasteiger partial charge in [0.15, 0.2) is 11.5 Å². The zero-order chi connectivity index (χ0) is 22.1. The Morgan fingerprint density at radius 1 is 1.03 bits per heavy atom. The van der Waals surface area contributed by atoms with E-state index in [9.17, 15) is 4.79 Å². The molecular weight excluding hydrogens is 410 g/mol. The fraction of sp³-hybridized carbons (Fsp3) is 0.250. The van der Waals surface area contributed by atoms with Crippen LogP contribution in [0.1, 0.15) is 35.0 Å². The molecule has 0 aliphatic carbocycles. The van der Waals surface area contributed by atoms with Gasteiger partial charge in [0, 0.05) is 23.7 Å². The quantitative estimate of drug-likeness (QED) is 0.422. The molecular formula is C24H25N3O3S. The number of nitrogens with zero attached hydrogens (tertiary/aromatic N) is 2. The zero-order valence-electron chi connectivity index (χ0n) is 18.2. The van der Waals surface area contributed by atoms with Gasteiger partial charge in [-0.2, -0.15) is 5.10 Å². The molecule has 2 aromatic carbocycles. The lowest BCUT2D eigenvalue weighted by atomic mass is 10.0. The number of methoxy groups -OCH3 is 2. The second kappa shape index (κ2) is 8.43. The number of nitrogens with one attached hydrogen (secondary N) is 1. The number of carbonyl (C=O) groups is 1. The minimum absolute atomic E-state index is 0.128. The normalized spacial score (nSPS) is 11.2. The summed E-state index contributed by atoms with van der Waals surface area (Å²) in [6.07, 6.45) is 0. The largest absolute Gasteiger partial charge is 0.493 e. The van der Waals surface area contributed by atoms with Crippen LogP contribution >= 0.6 is 11.3 Å². The molecule has 160 valence electrons. The number of carbonyl (C=O) groups excluding carboxylic acids is 1. The Balaban J connectivity index is 1.65. The topological polar surface area (TPSA) is 65.4 Å². The van der Waals surface area contributed by atoms with Crippen molar-refractivity contribution in [2.45, 2.75) is 19.8 Å². The van der Waals surface area contributed by atoms with Gasteiger partial charge in [0.25, 0.3) is 5.91 Å². The van der Waals surface area contributed by atoms with E-state index < -0.39 is 0 Å². The number of anilines is 1. The summed E-state index contributed by atoms with van der Waals surface area (Å²) in [6, 6.07) is 15.6. The van der Waals surface area contributed by atoms with Crippen molar-refractivity contribution in [2.75, 3.05) is 19.5 Å². The Labute approximate surface area is 185 Å². The maximum atomic E-state index is 12.9. The molecule has 6 nitrogen and oxygen atoms in total. The number of hydrogen-bond acceptors (Lipinski definition) is 5. The van der Waals surface area contributed by atoms with Gasteiger partial charge in [0.05, 0.1) is 19.1 Å². The molecule has 0 unspecified atom stereocenters. The molecule has 0 fully saturated rings. The molecule has 31 heavy (non-hydrogen) atoms. The van der Waals surface area contributed by atoms with Gasteiger partial charge in [-0.25, -0.2) is 0 Å². The number of thiophene rings is 1. The van der Waals surface area contributed by atoms with Gasteiger partial charge in [-0.05, 0) is 47.9 Å². The van der Waals surface area contributed by atoms with Crippen LogP contribution in [0.4, 0.5) is 5.69 Å². The van der Waals surface area contributed by atoms with Crippen LogP contribution in [0.25, 0.3) is 21.5 Å². The molecule has 0 saturated carbocycles. The molecule has 4 aromatic rings. The number of rotatable bonds is 6. The van der Waals surface area contributed by atoms with E-state index in [1.54, 1.807) is 18.9 Å². The van der Waals surface area contributed by atoms with Gasteiger partial charge >= 0.3 is 0 Å². The van der Waals surface area contributed by atoms with E-state index in [0.29, 0.717) is 22.3 Å². The maximum absolute atomic E-state index is 12.9. The number of aryl methyl sites for hydroxylation is 1. The number of hydrogen-bond donors (Lipinski definition) is 1. The highest BCUT2D eigenvalue weighted by Gasteiger charge is 2.19. The molecule has 2 aromatic heterocycles. The zero-order valence-corrected chi connectivity index (χ0v) is 19.0. The number of ether oxygens (including phenoxy) is 2. The molecule has 0 aliphatic rings. The summed E-state index contributed by atoms with van der Waals surface area (Å²) in [5.74, 6) is 1.62. The van der Waals surface area contributed by atoms with Gasteiger partial charge < -0.3 is 14.8 Å². The van der Waals surface area contributed by atoms with Gasteiger partial charge in [0.1, 0.15) is 10.5 Å². The van der Waals surface area contributed by atoms with Gasteiger partial charge in [0.2, 0.25) is 0 Å². The predicted molar refractivity (Wildman–Crippen MR) is 126 cm³/mol. The lowest BCUT2D eigenvalue weighted by Crippen LogP contribution is -2.10. The maximum Gasteiger partial charge on any atom is 0.265 e. The molecule has 7 heteroatoms. The third-order valence-corrected chi connectivity index (χ3v) is 6.43. The Bertz CT molecular complexity index is 1240. The lowest BCUT2D eigenvalue weighted by molar-refractivity contribution is 0.103. The van der Waals surface area contributed by atoms with Crippen LogP contribution in [0.5, 0.6) is 11.5 Å². The van der Waals surface area contributed by atoms with Crippen molar-refractivity contribution in [1.82, 2.24) is 9.78 Å². The SMILES string of the molecule is COc1ccc(-c2nn(C)c3sc(C(=O)Nc4ccc(C(C)C)cc4)cc23)cc1OC. The highest BCUT2D eigenvalue weighted by Crippen LogP contribution is 2.37. The molecule has 2 heterocycles. The van der Waals surface area contributed by atoms with Crippen LogP contribution in [0, 0.1) is 0 Å². The summed E-state index contributed by atoms with van der Waals surface area (Å²) in [7, 11) is 5.10. The van der Waals surface area contributed by atoms with Crippen LogP contribution in [0.2, 0.25) is 0 Å². The number of fused-ring (bicyclic) bond motifs is 1. The standard InChI is InChI=1S/C24H25N3O3S/c1-14(2)15-6-9-17(10-7-15)25-23(28)21-13-18-22(26-27(3)24(18)31-21)16-8-11-19(29-4)20(12-16)30-5/h6-14H,1-5H3,(H,25,28). The first-order chi connectivity index (χ1) is 14.9. The van der Waals surface area contributed by atoms with Crippen molar-refractivity contribution in [3.8, 4) is 22.8 Å². The Morgan fingerprint density at radius 3 is 2.39 bits per heavy atom. The number of aromatic nitrogens is 2. The molecule has 0 saturated heterocycles.